The van der Waals surface area contributed by atoms with Gasteiger partial charge in [0.2, 0.25) is 5.91 Å². The smallest absolute Gasteiger partial charge is 0.257 e. The molecule has 1 aliphatic rings. The van der Waals surface area contributed by atoms with Crippen LogP contribution in [-0.4, -0.2) is 62.2 Å². The molecule has 33 heavy (non-hydrogen) atoms. The predicted molar refractivity (Wildman–Crippen MR) is 133 cm³/mol. The van der Waals surface area contributed by atoms with Gasteiger partial charge < -0.3 is 24.6 Å². The van der Waals surface area contributed by atoms with Gasteiger partial charge in [0.1, 0.15) is 11.5 Å². The van der Waals surface area contributed by atoms with Gasteiger partial charge in [-0.25, -0.2) is 0 Å². The van der Waals surface area contributed by atoms with Crippen LogP contribution >= 0.6 is 12.2 Å². The number of ether oxygens (including phenoxy) is 2. The van der Waals surface area contributed by atoms with Crippen molar-refractivity contribution < 1.29 is 19.1 Å². The van der Waals surface area contributed by atoms with E-state index in [0.717, 1.165) is 24.5 Å². The second kappa shape index (κ2) is 11.0. The quantitative estimate of drug-likeness (QED) is 0.628. The van der Waals surface area contributed by atoms with Gasteiger partial charge in [0, 0.05) is 43.7 Å². The van der Waals surface area contributed by atoms with Crippen LogP contribution in [0.25, 0.3) is 0 Å². The van der Waals surface area contributed by atoms with Gasteiger partial charge in [0.05, 0.1) is 25.6 Å². The van der Waals surface area contributed by atoms with E-state index < -0.39 is 0 Å². The molecule has 0 radical (unpaired) electrons. The van der Waals surface area contributed by atoms with Gasteiger partial charge in [-0.15, -0.1) is 0 Å². The summed E-state index contributed by atoms with van der Waals surface area (Å²) in [5.41, 5.74) is 2.12. The SMILES string of the molecule is COc1cc(OC)cc(C(=O)NC(=S)Nc2ccccc2N2CCN(C(=O)C(C)C)CC2)c1. The van der Waals surface area contributed by atoms with E-state index in [1.807, 2.05) is 43.0 Å². The number of piperazine rings is 1. The fraction of sp³-hybridized carbons (Fsp3) is 0.375. The number of anilines is 2. The number of thiocarbonyl (C=S) groups is 1. The minimum Gasteiger partial charge on any atom is -0.497 e. The molecule has 0 aromatic heterocycles. The number of nitrogens with one attached hydrogen (secondary N) is 2. The minimum absolute atomic E-state index is 0.00367. The van der Waals surface area contributed by atoms with Gasteiger partial charge in [-0.2, -0.15) is 0 Å². The number of amides is 2. The highest BCUT2D eigenvalue weighted by Crippen LogP contribution is 2.27. The molecule has 1 aliphatic heterocycles. The highest BCUT2D eigenvalue weighted by molar-refractivity contribution is 7.80. The molecule has 2 N–H and O–H groups in total. The second-order valence-electron chi connectivity index (χ2n) is 7.99. The molecule has 1 fully saturated rings. The van der Waals surface area contributed by atoms with Gasteiger partial charge in [0.15, 0.2) is 5.11 Å². The van der Waals surface area contributed by atoms with Crippen molar-refractivity contribution >= 4 is 40.5 Å². The lowest BCUT2D eigenvalue weighted by atomic mass is 10.1. The first-order chi connectivity index (χ1) is 15.8. The van der Waals surface area contributed by atoms with Crippen LogP contribution in [-0.2, 0) is 4.79 Å². The maximum atomic E-state index is 12.7. The maximum Gasteiger partial charge on any atom is 0.257 e. The second-order valence-corrected chi connectivity index (χ2v) is 8.40. The van der Waals surface area contributed by atoms with Crippen molar-refractivity contribution in [3.8, 4) is 11.5 Å². The molecule has 0 spiro atoms. The molecule has 1 heterocycles. The monoisotopic (exact) mass is 470 g/mol. The number of carbonyl (C=O) groups excluding carboxylic acids is 2. The summed E-state index contributed by atoms with van der Waals surface area (Å²) in [5, 5.41) is 6.03. The molecule has 2 amide bonds. The van der Waals surface area contributed by atoms with Crippen molar-refractivity contribution in [1.82, 2.24) is 10.2 Å². The molecule has 9 heteroatoms. The van der Waals surface area contributed by atoms with Crippen molar-refractivity contribution in [2.75, 3.05) is 50.6 Å². The van der Waals surface area contributed by atoms with Crippen LogP contribution in [0.2, 0.25) is 0 Å². The number of carbonyl (C=O) groups is 2. The Labute approximate surface area is 199 Å². The molecule has 0 bridgehead atoms. The molecular weight excluding hydrogens is 440 g/mol. The van der Waals surface area contributed by atoms with Gasteiger partial charge in [-0.1, -0.05) is 26.0 Å². The van der Waals surface area contributed by atoms with Crippen LogP contribution in [0.15, 0.2) is 42.5 Å². The van der Waals surface area contributed by atoms with Crippen molar-refractivity contribution in [2.45, 2.75) is 13.8 Å². The Morgan fingerprint density at radius 1 is 0.970 bits per heavy atom. The van der Waals surface area contributed by atoms with E-state index in [2.05, 4.69) is 15.5 Å². The van der Waals surface area contributed by atoms with Gasteiger partial charge in [0.25, 0.3) is 5.91 Å². The van der Waals surface area contributed by atoms with Crippen molar-refractivity contribution in [1.29, 1.82) is 0 Å². The van der Waals surface area contributed by atoms with Crippen LogP contribution in [0, 0.1) is 5.92 Å². The lowest BCUT2D eigenvalue weighted by Crippen LogP contribution is -2.50. The lowest BCUT2D eigenvalue weighted by molar-refractivity contribution is -0.134. The Bertz CT molecular complexity index is 997. The van der Waals surface area contributed by atoms with E-state index in [4.69, 9.17) is 21.7 Å². The summed E-state index contributed by atoms with van der Waals surface area (Å²) in [6.07, 6.45) is 0. The Morgan fingerprint density at radius 2 is 1.58 bits per heavy atom. The Kier molecular flexibility index (Phi) is 8.11. The zero-order chi connectivity index (χ0) is 24.0. The fourth-order valence-corrected chi connectivity index (χ4v) is 3.86. The number of para-hydroxylation sites is 2. The summed E-state index contributed by atoms with van der Waals surface area (Å²) in [6, 6.07) is 12.7. The van der Waals surface area contributed by atoms with E-state index in [9.17, 15) is 9.59 Å². The molecule has 8 nitrogen and oxygen atoms in total. The van der Waals surface area contributed by atoms with Crippen molar-refractivity contribution in [3.63, 3.8) is 0 Å². The summed E-state index contributed by atoms with van der Waals surface area (Å²) in [7, 11) is 3.05. The zero-order valence-electron chi connectivity index (χ0n) is 19.4. The number of benzene rings is 2. The number of rotatable bonds is 6. The minimum atomic E-state index is -0.372. The number of methoxy groups -OCH3 is 2. The van der Waals surface area contributed by atoms with E-state index in [1.165, 1.54) is 14.2 Å². The van der Waals surface area contributed by atoms with Crippen LogP contribution < -0.4 is 25.0 Å². The van der Waals surface area contributed by atoms with Gasteiger partial charge >= 0.3 is 0 Å². The van der Waals surface area contributed by atoms with Crippen molar-refractivity contribution in [3.05, 3.63) is 48.0 Å². The van der Waals surface area contributed by atoms with E-state index >= 15 is 0 Å². The molecule has 2 aromatic rings. The van der Waals surface area contributed by atoms with E-state index in [1.54, 1.807) is 18.2 Å². The van der Waals surface area contributed by atoms with Crippen molar-refractivity contribution in [2.24, 2.45) is 5.92 Å². The molecule has 0 atom stereocenters. The highest BCUT2D eigenvalue weighted by atomic mass is 32.1. The fourth-order valence-electron chi connectivity index (χ4n) is 3.66. The van der Waals surface area contributed by atoms with Crippen LogP contribution in [0.1, 0.15) is 24.2 Å². The molecular formula is C24H30N4O4S. The molecule has 1 saturated heterocycles. The summed E-state index contributed by atoms with van der Waals surface area (Å²) < 4.78 is 10.5. The predicted octanol–water partition coefficient (Wildman–Crippen LogP) is 3.14. The summed E-state index contributed by atoms with van der Waals surface area (Å²) in [4.78, 5) is 29.1. The third-order valence-electron chi connectivity index (χ3n) is 5.42. The first-order valence-electron chi connectivity index (χ1n) is 10.8. The zero-order valence-corrected chi connectivity index (χ0v) is 20.2. The maximum absolute atomic E-state index is 12.7. The van der Waals surface area contributed by atoms with E-state index in [-0.39, 0.29) is 22.8 Å². The number of nitrogens with zero attached hydrogens (tertiary/aromatic N) is 2. The van der Waals surface area contributed by atoms with Gasteiger partial charge in [-0.05, 0) is 36.5 Å². The topological polar surface area (TPSA) is 83.1 Å². The van der Waals surface area contributed by atoms with Crippen LogP contribution in [0.4, 0.5) is 11.4 Å². The first kappa shape index (κ1) is 24.3. The highest BCUT2D eigenvalue weighted by Gasteiger charge is 2.24. The third kappa shape index (κ3) is 6.13. The van der Waals surface area contributed by atoms with Crippen LogP contribution in [0.5, 0.6) is 11.5 Å². The normalized spacial score (nSPS) is 13.5. The summed E-state index contributed by atoms with van der Waals surface area (Å²) >= 11 is 5.40. The average Bonchev–Trinajstić information content (AvgIpc) is 2.83. The average molecular weight is 471 g/mol. The Hall–Kier alpha value is -3.33. The molecule has 0 aliphatic carbocycles. The molecule has 0 saturated carbocycles. The number of hydrogen-bond acceptors (Lipinski definition) is 6. The molecule has 176 valence electrons. The molecule has 3 rings (SSSR count). The van der Waals surface area contributed by atoms with E-state index in [0.29, 0.717) is 30.2 Å². The summed E-state index contributed by atoms with van der Waals surface area (Å²) in [6.45, 7) is 6.63. The first-order valence-corrected chi connectivity index (χ1v) is 11.2. The Morgan fingerprint density at radius 3 is 2.15 bits per heavy atom. The summed E-state index contributed by atoms with van der Waals surface area (Å²) in [5.74, 6) is 0.829. The molecule has 0 unspecified atom stereocenters. The standard InChI is InChI=1S/C24H30N4O4S/c1-16(2)23(30)28-11-9-27(10-12-28)21-8-6-5-7-20(21)25-24(33)26-22(29)17-13-18(31-3)15-19(14-17)32-4/h5-8,13-16H,9-12H2,1-4H3,(H2,25,26,29,33). The number of hydrogen-bond donors (Lipinski definition) is 2. The lowest BCUT2D eigenvalue weighted by Gasteiger charge is -2.37. The van der Waals surface area contributed by atoms with Crippen LogP contribution in [0.3, 0.4) is 0 Å². The third-order valence-corrected chi connectivity index (χ3v) is 5.62. The Balaban J connectivity index is 1.66. The molecule has 2 aromatic carbocycles. The van der Waals surface area contributed by atoms with Gasteiger partial charge in [-0.3, -0.25) is 14.9 Å². The largest absolute Gasteiger partial charge is 0.497 e.